The predicted octanol–water partition coefficient (Wildman–Crippen LogP) is 3.16. The van der Waals surface area contributed by atoms with Crippen molar-refractivity contribution < 1.29 is 4.39 Å². The molecule has 0 bridgehead atoms. The summed E-state index contributed by atoms with van der Waals surface area (Å²) in [6.45, 7) is 5.03. The lowest BCUT2D eigenvalue weighted by molar-refractivity contribution is 0.229. The van der Waals surface area contributed by atoms with E-state index < -0.39 is 0 Å². The Labute approximate surface area is 117 Å². The van der Waals surface area contributed by atoms with Crippen molar-refractivity contribution in [1.29, 1.82) is 0 Å². The fourth-order valence-corrected chi connectivity index (χ4v) is 2.64. The molecule has 1 fully saturated rings. The summed E-state index contributed by atoms with van der Waals surface area (Å²) in [5, 5.41) is 3.31. The highest BCUT2D eigenvalue weighted by Gasteiger charge is 2.09. The highest BCUT2D eigenvalue weighted by molar-refractivity contribution is 9.10. The van der Waals surface area contributed by atoms with E-state index in [2.05, 4.69) is 26.1 Å². The van der Waals surface area contributed by atoms with E-state index >= 15 is 0 Å². The topological polar surface area (TPSA) is 15.3 Å². The first kappa shape index (κ1) is 14.0. The number of halogens is 2. The Kier molecular flexibility index (Phi) is 5.60. The van der Waals surface area contributed by atoms with Crippen LogP contribution in [0.3, 0.4) is 0 Å². The number of nitrogens with zero attached hydrogens (tertiary/aromatic N) is 1. The van der Waals surface area contributed by atoms with Crippen molar-refractivity contribution in [3.63, 3.8) is 0 Å². The summed E-state index contributed by atoms with van der Waals surface area (Å²) in [4.78, 5) is 2.48. The molecule has 100 valence electrons. The summed E-state index contributed by atoms with van der Waals surface area (Å²) >= 11 is 3.26. The van der Waals surface area contributed by atoms with Crippen LogP contribution in [-0.2, 0) is 6.54 Å². The number of hydrogen-bond donors (Lipinski definition) is 1. The molecule has 1 heterocycles. The normalized spacial score (nSPS) is 17.0. The van der Waals surface area contributed by atoms with E-state index in [1.807, 2.05) is 12.1 Å². The molecule has 2 rings (SSSR count). The van der Waals surface area contributed by atoms with Crippen molar-refractivity contribution in [3.05, 3.63) is 34.1 Å². The summed E-state index contributed by atoms with van der Waals surface area (Å²) in [5.41, 5.74) is 0.733. The molecule has 0 radical (unpaired) electrons. The number of rotatable bonds is 5. The largest absolute Gasteiger partial charge is 0.311 e. The average Bonchev–Trinajstić information content (AvgIpc) is 2.38. The lowest BCUT2D eigenvalue weighted by Gasteiger charge is -2.26. The second-order valence-corrected chi connectivity index (χ2v) is 5.73. The van der Waals surface area contributed by atoms with Gasteiger partial charge in [-0.2, -0.15) is 0 Å². The zero-order valence-corrected chi connectivity index (χ0v) is 12.2. The number of benzene rings is 1. The van der Waals surface area contributed by atoms with Gasteiger partial charge in [0, 0.05) is 29.7 Å². The Morgan fingerprint density at radius 3 is 2.72 bits per heavy atom. The fourth-order valence-electron chi connectivity index (χ4n) is 2.31. The fraction of sp³-hybridized carbons (Fsp3) is 0.571. The Morgan fingerprint density at radius 1 is 1.22 bits per heavy atom. The van der Waals surface area contributed by atoms with E-state index in [9.17, 15) is 4.39 Å². The van der Waals surface area contributed by atoms with Crippen LogP contribution in [0.15, 0.2) is 22.7 Å². The number of hydrogen-bond acceptors (Lipinski definition) is 2. The Balaban J connectivity index is 1.68. The second-order valence-electron chi connectivity index (χ2n) is 4.81. The van der Waals surface area contributed by atoms with Gasteiger partial charge in [-0.05, 0) is 38.1 Å². The highest BCUT2D eigenvalue weighted by atomic mass is 79.9. The number of likely N-dealkylation sites (tertiary alicyclic amines) is 1. The summed E-state index contributed by atoms with van der Waals surface area (Å²) in [6.07, 6.45) is 4.01. The standard InChI is InChI=1S/C14H20BrFN2/c15-13-5-4-12(14(16)10-13)11-17-6-9-18-7-2-1-3-8-18/h4-5,10,17H,1-3,6-9,11H2. The van der Waals surface area contributed by atoms with E-state index in [-0.39, 0.29) is 5.82 Å². The third-order valence-electron chi connectivity index (χ3n) is 3.38. The van der Waals surface area contributed by atoms with Gasteiger partial charge in [-0.1, -0.05) is 28.4 Å². The molecular weight excluding hydrogens is 295 g/mol. The van der Waals surface area contributed by atoms with Crippen molar-refractivity contribution in [2.75, 3.05) is 26.2 Å². The van der Waals surface area contributed by atoms with Crippen molar-refractivity contribution in [1.82, 2.24) is 10.2 Å². The van der Waals surface area contributed by atoms with E-state index in [1.54, 1.807) is 0 Å². The van der Waals surface area contributed by atoms with E-state index in [1.165, 1.54) is 38.4 Å². The molecule has 0 aliphatic carbocycles. The summed E-state index contributed by atoms with van der Waals surface area (Å²) in [6, 6.07) is 5.22. The van der Waals surface area contributed by atoms with Crippen LogP contribution in [0, 0.1) is 5.82 Å². The van der Waals surface area contributed by atoms with E-state index in [0.717, 1.165) is 23.1 Å². The van der Waals surface area contributed by atoms with Gasteiger partial charge in [-0.15, -0.1) is 0 Å². The van der Waals surface area contributed by atoms with Crippen LogP contribution in [0.2, 0.25) is 0 Å². The smallest absolute Gasteiger partial charge is 0.128 e. The first-order valence-electron chi connectivity index (χ1n) is 6.63. The van der Waals surface area contributed by atoms with Gasteiger partial charge in [0.05, 0.1) is 0 Å². The maximum atomic E-state index is 13.6. The molecule has 0 saturated carbocycles. The van der Waals surface area contributed by atoms with Gasteiger partial charge in [-0.25, -0.2) is 4.39 Å². The molecule has 0 amide bonds. The third kappa shape index (κ3) is 4.34. The number of nitrogens with one attached hydrogen (secondary N) is 1. The summed E-state index contributed by atoms with van der Waals surface area (Å²) < 4.78 is 14.3. The predicted molar refractivity (Wildman–Crippen MR) is 76.1 cm³/mol. The molecule has 1 aromatic carbocycles. The van der Waals surface area contributed by atoms with Crippen LogP contribution >= 0.6 is 15.9 Å². The van der Waals surface area contributed by atoms with Crippen LogP contribution in [0.4, 0.5) is 4.39 Å². The molecule has 0 spiro atoms. The Bertz CT molecular complexity index is 378. The monoisotopic (exact) mass is 314 g/mol. The zero-order chi connectivity index (χ0) is 12.8. The number of piperidine rings is 1. The first-order valence-corrected chi connectivity index (χ1v) is 7.42. The SMILES string of the molecule is Fc1cc(Br)ccc1CNCCN1CCCCC1. The van der Waals surface area contributed by atoms with Crippen LogP contribution in [0.1, 0.15) is 24.8 Å². The molecule has 1 aliphatic heterocycles. The van der Waals surface area contributed by atoms with Gasteiger partial charge >= 0.3 is 0 Å². The molecule has 4 heteroatoms. The van der Waals surface area contributed by atoms with Gasteiger partial charge < -0.3 is 10.2 Å². The third-order valence-corrected chi connectivity index (χ3v) is 3.88. The van der Waals surface area contributed by atoms with Gasteiger partial charge in [0.15, 0.2) is 0 Å². The van der Waals surface area contributed by atoms with Crippen molar-refractivity contribution in [2.45, 2.75) is 25.8 Å². The Hall–Kier alpha value is -0.450. The molecule has 2 nitrogen and oxygen atoms in total. The van der Waals surface area contributed by atoms with Crippen molar-refractivity contribution in [2.24, 2.45) is 0 Å². The van der Waals surface area contributed by atoms with Gasteiger partial charge in [-0.3, -0.25) is 0 Å². The maximum absolute atomic E-state index is 13.6. The quantitative estimate of drug-likeness (QED) is 0.840. The van der Waals surface area contributed by atoms with Crippen molar-refractivity contribution in [3.8, 4) is 0 Å². The lowest BCUT2D eigenvalue weighted by Crippen LogP contribution is -2.35. The van der Waals surface area contributed by atoms with E-state index in [0.29, 0.717) is 6.54 Å². The second kappa shape index (κ2) is 7.22. The molecule has 1 saturated heterocycles. The van der Waals surface area contributed by atoms with Crippen LogP contribution in [0.5, 0.6) is 0 Å². The molecule has 0 atom stereocenters. The first-order chi connectivity index (χ1) is 8.75. The minimum absolute atomic E-state index is 0.144. The maximum Gasteiger partial charge on any atom is 0.128 e. The molecule has 0 unspecified atom stereocenters. The zero-order valence-electron chi connectivity index (χ0n) is 10.6. The summed E-state index contributed by atoms with van der Waals surface area (Å²) in [5.74, 6) is -0.144. The van der Waals surface area contributed by atoms with E-state index in [4.69, 9.17) is 0 Å². The lowest BCUT2D eigenvalue weighted by atomic mass is 10.1. The molecule has 1 aliphatic rings. The Morgan fingerprint density at radius 2 is 2.00 bits per heavy atom. The van der Waals surface area contributed by atoms with Crippen LogP contribution in [-0.4, -0.2) is 31.1 Å². The molecule has 1 aromatic rings. The summed E-state index contributed by atoms with van der Waals surface area (Å²) in [7, 11) is 0. The highest BCUT2D eigenvalue weighted by Crippen LogP contribution is 2.15. The van der Waals surface area contributed by atoms with Gasteiger partial charge in [0.2, 0.25) is 0 Å². The molecule has 18 heavy (non-hydrogen) atoms. The van der Waals surface area contributed by atoms with Crippen LogP contribution in [0.25, 0.3) is 0 Å². The average molecular weight is 315 g/mol. The molecule has 0 aromatic heterocycles. The minimum Gasteiger partial charge on any atom is -0.311 e. The molecule has 1 N–H and O–H groups in total. The van der Waals surface area contributed by atoms with Crippen LogP contribution < -0.4 is 5.32 Å². The molecular formula is C14H20BrFN2. The van der Waals surface area contributed by atoms with Crippen molar-refractivity contribution >= 4 is 15.9 Å². The van der Waals surface area contributed by atoms with Gasteiger partial charge in [0.25, 0.3) is 0 Å². The minimum atomic E-state index is -0.144. The van der Waals surface area contributed by atoms with Gasteiger partial charge in [0.1, 0.15) is 5.82 Å².